The summed E-state index contributed by atoms with van der Waals surface area (Å²) in [6.07, 6.45) is 5.87. The summed E-state index contributed by atoms with van der Waals surface area (Å²) in [5, 5.41) is 3.35. The molecule has 0 bridgehead atoms. The Bertz CT molecular complexity index is 756. The van der Waals surface area contributed by atoms with Gasteiger partial charge in [-0.3, -0.25) is 9.97 Å². The average molecular weight is 282 g/mol. The van der Waals surface area contributed by atoms with Crippen LogP contribution >= 0.6 is 0 Å². The minimum absolute atomic E-state index is 0.491. The van der Waals surface area contributed by atoms with Gasteiger partial charge in [-0.25, -0.2) is 4.98 Å². The second kappa shape index (κ2) is 5.83. The van der Waals surface area contributed by atoms with Crippen molar-refractivity contribution in [3.05, 3.63) is 48.8 Å². The molecule has 5 heteroatoms. The molecule has 4 nitrogen and oxygen atoms in total. The highest BCUT2D eigenvalue weighted by molar-refractivity contribution is 5.94. The molecule has 1 aromatic carbocycles. The fraction of sp³-hybridized carbons (Fsp3) is 0.188. The van der Waals surface area contributed by atoms with Gasteiger partial charge in [-0.05, 0) is 30.7 Å². The second-order valence-corrected chi connectivity index (χ2v) is 4.74. The summed E-state index contributed by atoms with van der Waals surface area (Å²) in [5.41, 5.74) is 4.28. The van der Waals surface area contributed by atoms with Crippen molar-refractivity contribution in [3.8, 4) is 11.1 Å². The lowest BCUT2D eigenvalue weighted by atomic mass is 10.0. The molecule has 2 aromatic heterocycles. The molecule has 0 spiro atoms. The van der Waals surface area contributed by atoms with Crippen LogP contribution in [0.2, 0.25) is 0 Å². The quantitative estimate of drug-likeness (QED) is 0.742. The van der Waals surface area contributed by atoms with Gasteiger partial charge in [0.25, 0.3) is 0 Å². The lowest BCUT2D eigenvalue weighted by Gasteiger charge is -2.10. The molecule has 0 saturated heterocycles. The van der Waals surface area contributed by atoms with E-state index < -0.39 is 5.95 Å². The van der Waals surface area contributed by atoms with Gasteiger partial charge in [-0.1, -0.05) is 6.92 Å². The molecule has 0 atom stereocenters. The zero-order chi connectivity index (χ0) is 14.7. The van der Waals surface area contributed by atoms with Crippen LogP contribution in [-0.4, -0.2) is 21.5 Å². The van der Waals surface area contributed by atoms with Crippen LogP contribution in [0.5, 0.6) is 0 Å². The van der Waals surface area contributed by atoms with Crippen LogP contribution in [0.15, 0.2) is 42.9 Å². The number of nitrogens with zero attached hydrogens (tertiary/aromatic N) is 3. The number of halogens is 1. The Balaban J connectivity index is 2.16. The summed E-state index contributed by atoms with van der Waals surface area (Å²) < 4.78 is 13.0. The Morgan fingerprint density at radius 2 is 1.95 bits per heavy atom. The average Bonchev–Trinajstić information content (AvgIpc) is 2.53. The van der Waals surface area contributed by atoms with E-state index in [1.165, 1.54) is 12.3 Å². The van der Waals surface area contributed by atoms with Crippen molar-refractivity contribution in [1.29, 1.82) is 0 Å². The van der Waals surface area contributed by atoms with E-state index >= 15 is 0 Å². The molecule has 0 saturated carbocycles. The Hall–Kier alpha value is -2.56. The zero-order valence-corrected chi connectivity index (χ0v) is 11.7. The molecular formula is C16H15FN4. The minimum Gasteiger partial charge on any atom is -0.385 e. The maximum Gasteiger partial charge on any atom is 0.212 e. The largest absolute Gasteiger partial charge is 0.385 e. The normalized spacial score (nSPS) is 10.8. The Labute approximate surface area is 122 Å². The molecule has 21 heavy (non-hydrogen) atoms. The molecule has 0 amide bonds. The summed E-state index contributed by atoms with van der Waals surface area (Å²) >= 11 is 0. The van der Waals surface area contributed by atoms with Gasteiger partial charge >= 0.3 is 0 Å². The number of hydrogen-bond acceptors (Lipinski definition) is 4. The van der Waals surface area contributed by atoms with Crippen LogP contribution < -0.4 is 5.32 Å². The van der Waals surface area contributed by atoms with Crippen molar-refractivity contribution in [1.82, 2.24) is 15.0 Å². The lowest BCUT2D eigenvalue weighted by molar-refractivity contribution is 0.584. The number of rotatable bonds is 4. The highest BCUT2D eigenvalue weighted by atomic mass is 19.1. The second-order valence-electron chi connectivity index (χ2n) is 4.74. The first-order chi connectivity index (χ1) is 10.3. The van der Waals surface area contributed by atoms with Gasteiger partial charge in [0.2, 0.25) is 5.95 Å². The molecule has 1 N–H and O–H groups in total. The molecule has 3 aromatic rings. The summed E-state index contributed by atoms with van der Waals surface area (Å²) in [7, 11) is 0. The van der Waals surface area contributed by atoms with Crippen molar-refractivity contribution < 1.29 is 4.39 Å². The Morgan fingerprint density at radius 3 is 2.71 bits per heavy atom. The molecule has 0 radical (unpaired) electrons. The summed E-state index contributed by atoms with van der Waals surface area (Å²) in [6, 6.07) is 7.03. The van der Waals surface area contributed by atoms with Gasteiger partial charge in [0, 0.05) is 41.9 Å². The van der Waals surface area contributed by atoms with Gasteiger partial charge in [0.1, 0.15) is 0 Å². The van der Waals surface area contributed by atoms with Crippen molar-refractivity contribution in [3.63, 3.8) is 0 Å². The first kappa shape index (κ1) is 13.4. The fourth-order valence-corrected chi connectivity index (χ4v) is 2.20. The SMILES string of the molecule is CCCNc1cc(-c2ccc(F)nc2)c2nccnc2c1. The molecule has 2 heterocycles. The molecule has 0 fully saturated rings. The summed E-state index contributed by atoms with van der Waals surface area (Å²) in [4.78, 5) is 12.5. The highest BCUT2D eigenvalue weighted by Gasteiger charge is 2.09. The minimum atomic E-state index is -0.491. The number of anilines is 1. The third-order valence-electron chi connectivity index (χ3n) is 3.19. The fourth-order valence-electron chi connectivity index (χ4n) is 2.20. The number of aromatic nitrogens is 3. The van der Waals surface area contributed by atoms with Gasteiger partial charge in [0.15, 0.2) is 0 Å². The third kappa shape index (κ3) is 2.81. The highest BCUT2D eigenvalue weighted by Crippen LogP contribution is 2.29. The predicted octanol–water partition coefficient (Wildman–Crippen LogP) is 3.65. The van der Waals surface area contributed by atoms with E-state index in [1.54, 1.807) is 18.5 Å². The van der Waals surface area contributed by atoms with Crippen molar-refractivity contribution in [2.24, 2.45) is 0 Å². The van der Waals surface area contributed by atoms with Crippen molar-refractivity contribution in [2.75, 3.05) is 11.9 Å². The van der Waals surface area contributed by atoms with Crippen LogP contribution in [0.3, 0.4) is 0 Å². The first-order valence-electron chi connectivity index (χ1n) is 6.88. The monoisotopic (exact) mass is 282 g/mol. The maximum absolute atomic E-state index is 13.0. The van der Waals surface area contributed by atoms with E-state index in [0.29, 0.717) is 0 Å². The zero-order valence-electron chi connectivity index (χ0n) is 11.7. The molecule has 106 valence electrons. The Kier molecular flexibility index (Phi) is 3.73. The molecule has 0 unspecified atom stereocenters. The third-order valence-corrected chi connectivity index (χ3v) is 3.19. The molecule has 0 aliphatic heterocycles. The van der Waals surface area contributed by atoms with E-state index in [-0.39, 0.29) is 0 Å². The van der Waals surface area contributed by atoms with Gasteiger partial charge in [-0.2, -0.15) is 4.39 Å². The number of nitrogens with one attached hydrogen (secondary N) is 1. The molecule has 3 rings (SSSR count). The van der Waals surface area contributed by atoms with Crippen molar-refractivity contribution >= 4 is 16.7 Å². The van der Waals surface area contributed by atoms with E-state index in [1.807, 2.05) is 12.1 Å². The van der Waals surface area contributed by atoms with E-state index in [0.717, 1.165) is 40.8 Å². The van der Waals surface area contributed by atoms with Crippen molar-refractivity contribution in [2.45, 2.75) is 13.3 Å². The van der Waals surface area contributed by atoms with Gasteiger partial charge in [0.05, 0.1) is 11.0 Å². The smallest absolute Gasteiger partial charge is 0.212 e. The molecule has 0 aliphatic carbocycles. The predicted molar refractivity (Wildman–Crippen MR) is 81.5 cm³/mol. The van der Waals surface area contributed by atoms with E-state index in [4.69, 9.17) is 0 Å². The first-order valence-corrected chi connectivity index (χ1v) is 6.88. The van der Waals surface area contributed by atoms with Gasteiger partial charge in [-0.15, -0.1) is 0 Å². The van der Waals surface area contributed by atoms with Crippen LogP contribution in [0.1, 0.15) is 13.3 Å². The number of fused-ring (bicyclic) bond motifs is 1. The van der Waals surface area contributed by atoms with Crippen LogP contribution in [0.25, 0.3) is 22.2 Å². The summed E-state index contributed by atoms with van der Waals surface area (Å²) in [6.45, 7) is 2.99. The van der Waals surface area contributed by atoms with E-state index in [2.05, 4.69) is 27.2 Å². The van der Waals surface area contributed by atoms with Gasteiger partial charge < -0.3 is 5.32 Å². The van der Waals surface area contributed by atoms with Crippen LogP contribution in [0, 0.1) is 5.95 Å². The lowest BCUT2D eigenvalue weighted by Crippen LogP contribution is -2.00. The number of pyridine rings is 1. The molecule has 0 aliphatic rings. The maximum atomic E-state index is 13.0. The topological polar surface area (TPSA) is 50.7 Å². The number of benzene rings is 1. The van der Waals surface area contributed by atoms with Crippen LogP contribution in [-0.2, 0) is 0 Å². The number of hydrogen-bond donors (Lipinski definition) is 1. The Morgan fingerprint density at radius 1 is 1.10 bits per heavy atom. The summed E-state index contributed by atoms with van der Waals surface area (Å²) in [5.74, 6) is -0.491. The van der Waals surface area contributed by atoms with Crippen LogP contribution in [0.4, 0.5) is 10.1 Å². The molecular weight excluding hydrogens is 267 g/mol. The van der Waals surface area contributed by atoms with E-state index in [9.17, 15) is 4.39 Å². The standard InChI is InChI=1S/C16H15FN4/c1-2-5-18-12-8-13(11-3-4-15(17)21-10-11)16-14(9-12)19-6-7-20-16/h3-4,6-10,18H,2,5H2,1H3.